The van der Waals surface area contributed by atoms with E-state index in [9.17, 15) is 10.2 Å². The van der Waals surface area contributed by atoms with Crippen molar-refractivity contribution in [1.82, 2.24) is 5.32 Å². The molecule has 4 heteroatoms. The number of nitrogens with one attached hydrogen (secondary N) is 1. The predicted molar refractivity (Wildman–Crippen MR) is 74.7 cm³/mol. The summed E-state index contributed by atoms with van der Waals surface area (Å²) in [6.07, 6.45) is 5.07. The third-order valence-electron chi connectivity index (χ3n) is 3.92. The maximum atomic E-state index is 9.46. The first-order valence-electron chi connectivity index (χ1n) is 6.71. The molecule has 1 fully saturated rings. The molecule has 3 N–H and O–H groups in total. The lowest BCUT2D eigenvalue weighted by atomic mass is 9.93. The molecule has 0 radical (unpaired) electrons. The zero-order valence-corrected chi connectivity index (χ0v) is 11.7. The van der Waals surface area contributed by atoms with Gasteiger partial charge in [0.2, 0.25) is 0 Å². The van der Waals surface area contributed by atoms with Crippen molar-refractivity contribution in [3.8, 4) is 0 Å². The Hall–Kier alpha value is -0.420. The summed E-state index contributed by atoms with van der Waals surface area (Å²) in [7, 11) is 0. The van der Waals surface area contributed by atoms with Gasteiger partial charge in [-0.15, -0.1) is 11.3 Å². The topological polar surface area (TPSA) is 52.5 Å². The molecule has 0 aromatic carbocycles. The minimum Gasteiger partial charge on any atom is -0.394 e. The number of aliphatic hydroxyl groups is 2. The fourth-order valence-corrected chi connectivity index (χ4v) is 3.57. The smallest absolute Gasteiger partial charge is 0.0633 e. The van der Waals surface area contributed by atoms with Crippen LogP contribution in [0.5, 0.6) is 0 Å². The minimum atomic E-state index is -0.600. The zero-order chi connectivity index (χ0) is 13.0. The van der Waals surface area contributed by atoms with E-state index in [4.69, 9.17) is 0 Å². The highest BCUT2D eigenvalue weighted by Gasteiger charge is 2.33. The van der Waals surface area contributed by atoms with Gasteiger partial charge in [-0.1, -0.05) is 18.9 Å². The van der Waals surface area contributed by atoms with E-state index in [2.05, 4.69) is 22.8 Å². The largest absolute Gasteiger partial charge is 0.394 e. The number of thiophene rings is 1. The molecule has 1 aliphatic rings. The van der Waals surface area contributed by atoms with Crippen LogP contribution in [-0.4, -0.2) is 29.0 Å². The van der Waals surface area contributed by atoms with Gasteiger partial charge < -0.3 is 10.2 Å². The van der Waals surface area contributed by atoms with Crippen LogP contribution < -0.4 is 5.32 Å². The van der Waals surface area contributed by atoms with E-state index in [1.165, 1.54) is 30.6 Å². The number of hydrogen-bond donors (Lipinski definition) is 3. The van der Waals surface area contributed by atoms with E-state index >= 15 is 0 Å². The lowest BCUT2D eigenvalue weighted by Crippen LogP contribution is -2.51. The molecule has 1 atom stereocenters. The summed E-state index contributed by atoms with van der Waals surface area (Å²) >= 11 is 1.75. The molecule has 1 saturated carbocycles. The van der Waals surface area contributed by atoms with Crippen molar-refractivity contribution in [2.45, 2.75) is 44.2 Å². The Morgan fingerprint density at radius 1 is 1.39 bits per heavy atom. The van der Waals surface area contributed by atoms with E-state index in [0.717, 1.165) is 0 Å². The highest BCUT2D eigenvalue weighted by molar-refractivity contribution is 7.10. The number of aliphatic hydroxyl groups excluding tert-OH is 2. The molecule has 102 valence electrons. The molecule has 2 rings (SSSR count). The van der Waals surface area contributed by atoms with Crippen LogP contribution in [0.2, 0.25) is 0 Å². The Kier molecular flexibility index (Phi) is 4.78. The van der Waals surface area contributed by atoms with Crippen molar-refractivity contribution in [1.29, 1.82) is 0 Å². The summed E-state index contributed by atoms with van der Waals surface area (Å²) < 4.78 is 0. The SMILES string of the molecule is CC(CO)(CO)NC(c1cccs1)C1CCCC1. The molecule has 0 aliphatic heterocycles. The molecular formula is C14H23NO2S. The average molecular weight is 269 g/mol. The Balaban J connectivity index is 2.14. The molecule has 3 nitrogen and oxygen atoms in total. The van der Waals surface area contributed by atoms with Crippen LogP contribution in [0.25, 0.3) is 0 Å². The molecular weight excluding hydrogens is 246 g/mol. The standard InChI is InChI=1S/C14H23NO2S/c1-14(9-16,10-17)15-13(11-5-2-3-6-11)12-7-4-8-18-12/h4,7-8,11,13,15-17H,2-3,5-6,9-10H2,1H3. The van der Waals surface area contributed by atoms with Gasteiger partial charge >= 0.3 is 0 Å². The summed E-state index contributed by atoms with van der Waals surface area (Å²) in [5.41, 5.74) is -0.600. The fraction of sp³-hybridized carbons (Fsp3) is 0.714. The molecule has 1 aromatic heterocycles. The first kappa shape index (κ1) is 14.0. The first-order chi connectivity index (χ1) is 8.68. The molecule has 0 saturated heterocycles. The molecule has 1 heterocycles. The molecule has 18 heavy (non-hydrogen) atoms. The normalized spacial score (nSPS) is 19.3. The Morgan fingerprint density at radius 2 is 2.06 bits per heavy atom. The first-order valence-corrected chi connectivity index (χ1v) is 7.59. The average Bonchev–Trinajstić information content (AvgIpc) is 3.08. The lowest BCUT2D eigenvalue weighted by molar-refractivity contribution is 0.0858. The Labute approximate surface area is 113 Å². The minimum absolute atomic E-state index is 0.0436. The van der Waals surface area contributed by atoms with Crippen molar-refractivity contribution in [2.75, 3.05) is 13.2 Å². The molecule has 1 unspecified atom stereocenters. The van der Waals surface area contributed by atoms with Crippen molar-refractivity contribution >= 4 is 11.3 Å². The van der Waals surface area contributed by atoms with Crippen LogP contribution in [-0.2, 0) is 0 Å². The van der Waals surface area contributed by atoms with Gasteiger partial charge in [-0.05, 0) is 37.1 Å². The van der Waals surface area contributed by atoms with Crippen LogP contribution in [0.4, 0.5) is 0 Å². The van der Waals surface area contributed by atoms with Crippen molar-refractivity contribution in [2.24, 2.45) is 5.92 Å². The molecule has 1 aromatic rings. The van der Waals surface area contributed by atoms with Crippen molar-refractivity contribution in [3.63, 3.8) is 0 Å². The maximum absolute atomic E-state index is 9.46. The van der Waals surface area contributed by atoms with Gasteiger partial charge in [0.1, 0.15) is 0 Å². The third kappa shape index (κ3) is 3.12. The van der Waals surface area contributed by atoms with E-state index in [1.54, 1.807) is 11.3 Å². The predicted octanol–water partition coefficient (Wildman–Crippen LogP) is 2.31. The summed E-state index contributed by atoms with van der Waals surface area (Å²) in [4.78, 5) is 1.31. The van der Waals surface area contributed by atoms with Crippen LogP contribution in [0.1, 0.15) is 43.5 Å². The fourth-order valence-electron chi connectivity index (χ4n) is 2.70. The van der Waals surface area contributed by atoms with Crippen molar-refractivity contribution in [3.05, 3.63) is 22.4 Å². The van der Waals surface area contributed by atoms with Gasteiger partial charge in [0.25, 0.3) is 0 Å². The summed E-state index contributed by atoms with van der Waals surface area (Å²) in [6, 6.07) is 4.48. The van der Waals surface area contributed by atoms with E-state index in [-0.39, 0.29) is 19.3 Å². The maximum Gasteiger partial charge on any atom is 0.0633 e. The molecule has 1 aliphatic carbocycles. The zero-order valence-electron chi connectivity index (χ0n) is 10.9. The lowest BCUT2D eigenvalue weighted by Gasteiger charge is -2.34. The Morgan fingerprint density at radius 3 is 2.56 bits per heavy atom. The summed E-state index contributed by atoms with van der Waals surface area (Å²) in [5.74, 6) is 0.626. The summed E-state index contributed by atoms with van der Waals surface area (Å²) in [6.45, 7) is 1.79. The van der Waals surface area contributed by atoms with E-state index in [1.807, 2.05) is 6.92 Å². The number of rotatable bonds is 6. The monoisotopic (exact) mass is 269 g/mol. The highest BCUT2D eigenvalue weighted by Crippen LogP contribution is 2.38. The quantitative estimate of drug-likeness (QED) is 0.743. The second-order valence-electron chi connectivity index (χ2n) is 5.56. The van der Waals surface area contributed by atoms with Crippen LogP contribution in [0, 0.1) is 5.92 Å². The van der Waals surface area contributed by atoms with Crippen LogP contribution >= 0.6 is 11.3 Å². The Bertz CT molecular complexity index is 343. The van der Waals surface area contributed by atoms with Gasteiger partial charge in [-0.3, -0.25) is 5.32 Å². The van der Waals surface area contributed by atoms with E-state index in [0.29, 0.717) is 5.92 Å². The third-order valence-corrected chi connectivity index (χ3v) is 4.88. The second kappa shape index (κ2) is 6.15. The highest BCUT2D eigenvalue weighted by atomic mass is 32.1. The van der Waals surface area contributed by atoms with Crippen LogP contribution in [0.15, 0.2) is 17.5 Å². The second-order valence-corrected chi connectivity index (χ2v) is 6.54. The van der Waals surface area contributed by atoms with Gasteiger partial charge in [-0.25, -0.2) is 0 Å². The van der Waals surface area contributed by atoms with Gasteiger partial charge in [0.15, 0.2) is 0 Å². The van der Waals surface area contributed by atoms with Gasteiger partial charge in [-0.2, -0.15) is 0 Å². The molecule has 0 amide bonds. The molecule has 0 spiro atoms. The molecule has 0 bridgehead atoms. The van der Waals surface area contributed by atoms with Crippen molar-refractivity contribution < 1.29 is 10.2 Å². The van der Waals surface area contributed by atoms with Gasteiger partial charge in [0.05, 0.1) is 18.8 Å². The van der Waals surface area contributed by atoms with Gasteiger partial charge in [0, 0.05) is 10.9 Å². The van der Waals surface area contributed by atoms with E-state index < -0.39 is 5.54 Å². The number of hydrogen-bond acceptors (Lipinski definition) is 4. The van der Waals surface area contributed by atoms with Crippen LogP contribution in [0.3, 0.4) is 0 Å². The summed E-state index contributed by atoms with van der Waals surface area (Å²) in [5, 5.41) is 24.5.